The summed E-state index contributed by atoms with van der Waals surface area (Å²) < 4.78 is 5.59. The van der Waals surface area contributed by atoms with Crippen LogP contribution in [0.25, 0.3) is 0 Å². The Labute approximate surface area is 86.8 Å². The SMILES string of the molecule is CCN(C1CNC1)C1CCOC(C)C1. The van der Waals surface area contributed by atoms with Gasteiger partial charge in [-0.15, -0.1) is 0 Å². The molecule has 2 heterocycles. The highest BCUT2D eigenvalue weighted by Crippen LogP contribution is 2.21. The Morgan fingerprint density at radius 3 is 2.64 bits per heavy atom. The number of hydrogen-bond acceptors (Lipinski definition) is 3. The third-order valence-corrected chi connectivity index (χ3v) is 3.52. The van der Waals surface area contributed by atoms with Gasteiger partial charge >= 0.3 is 0 Å². The van der Waals surface area contributed by atoms with Gasteiger partial charge in [0.05, 0.1) is 6.10 Å². The molecule has 0 aliphatic carbocycles. The van der Waals surface area contributed by atoms with Crippen LogP contribution in [-0.4, -0.2) is 49.3 Å². The molecule has 2 fully saturated rings. The topological polar surface area (TPSA) is 24.5 Å². The molecule has 0 bridgehead atoms. The van der Waals surface area contributed by atoms with Gasteiger partial charge in [0, 0.05) is 31.8 Å². The first-order valence-corrected chi connectivity index (χ1v) is 5.89. The largest absolute Gasteiger partial charge is 0.378 e. The molecule has 3 heteroatoms. The first-order valence-electron chi connectivity index (χ1n) is 5.89. The Morgan fingerprint density at radius 2 is 2.14 bits per heavy atom. The molecule has 0 saturated carbocycles. The molecule has 1 N–H and O–H groups in total. The molecule has 0 aromatic carbocycles. The fraction of sp³-hybridized carbons (Fsp3) is 1.00. The second-order valence-electron chi connectivity index (χ2n) is 4.50. The van der Waals surface area contributed by atoms with E-state index in [1.54, 1.807) is 0 Å². The van der Waals surface area contributed by atoms with Gasteiger partial charge in [-0.1, -0.05) is 6.92 Å². The highest BCUT2D eigenvalue weighted by molar-refractivity contribution is 4.89. The molecule has 0 aromatic heterocycles. The zero-order valence-electron chi connectivity index (χ0n) is 9.33. The molecular formula is C11H22N2O. The van der Waals surface area contributed by atoms with Crippen LogP contribution in [0.2, 0.25) is 0 Å². The number of nitrogens with zero attached hydrogens (tertiary/aromatic N) is 1. The van der Waals surface area contributed by atoms with Crippen LogP contribution in [0, 0.1) is 0 Å². The van der Waals surface area contributed by atoms with E-state index in [0.29, 0.717) is 6.10 Å². The molecule has 2 saturated heterocycles. The molecule has 2 rings (SSSR count). The van der Waals surface area contributed by atoms with Crippen LogP contribution in [-0.2, 0) is 4.74 Å². The van der Waals surface area contributed by atoms with E-state index < -0.39 is 0 Å². The van der Waals surface area contributed by atoms with Crippen molar-refractivity contribution in [3.8, 4) is 0 Å². The van der Waals surface area contributed by atoms with Gasteiger partial charge in [0.25, 0.3) is 0 Å². The van der Waals surface area contributed by atoms with E-state index in [1.807, 2.05) is 0 Å². The molecule has 0 radical (unpaired) electrons. The zero-order chi connectivity index (χ0) is 9.97. The van der Waals surface area contributed by atoms with Gasteiger partial charge in [0.15, 0.2) is 0 Å². The summed E-state index contributed by atoms with van der Waals surface area (Å²) in [7, 11) is 0. The van der Waals surface area contributed by atoms with Crippen molar-refractivity contribution < 1.29 is 4.74 Å². The number of rotatable bonds is 3. The quantitative estimate of drug-likeness (QED) is 0.727. The first kappa shape index (κ1) is 10.4. The van der Waals surface area contributed by atoms with Gasteiger partial charge in [-0.05, 0) is 26.3 Å². The van der Waals surface area contributed by atoms with Crippen LogP contribution in [0.15, 0.2) is 0 Å². The maximum atomic E-state index is 5.59. The second-order valence-corrected chi connectivity index (χ2v) is 4.50. The van der Waals surface area contributed by atoms with E-state index in [1.165, 1.54) is 32.5 Å². The molecule has 2 aliphatic rings. The minimum atomic E-state index is 0.454. The second kappa shape index (κ2) is 4.60. The molecule has 14 heavy (non-hydrogen) atoms. The average Bonchev–Trinajstić information content (AvgIpc) is 2.10. The molecule has 2 atom stereocenters. The van der Waals surface area contributed by atoms with E-state index in [2.05, 4.69) is 24.1 Å². The van der Waals surface area contributed by atoms with Gasteiger partial charge in [-0.2, -0.15) is 0 Å². The average molecular weight is 198 g/mol. The number of hydrogen-bond donors (Lipinski definition) is 1. The van der Waals surface area contributed by atoms with Crippen molar-refractivity contribution in [3.63, 3.8) is 0 Å². The Kier molecular flexibility index (Phi) is 3.42. The lowest BCUT2D eigenvalue weighted by Crippen LogP contribution is -2.60. The van der Waals surface area contributed by atoms with Gasteiger partial charge in [0.1, 0.15) is 0 Å². The number of nitrogens with one attached hydrogen (secondary N) is 1. The van der Waals surface area contributed by atoms with E-state index in [-0.39, 0.29) is 0 Å². The van der Waals surface area contributed by atoms with E-state index >= 15 is 0 Å². The minimum absolute atomic E-state index is 0.454. The van der Waals surface area contributed by atoms with Crippen LogP contribution in [0.3, 0.4) is 0 Å². The van der Waals surface area contributed by atoms with Crippen molar-refractivity contribution in [2.45, 2.75) is 44.9 Å². The Hall–Kier alpha value is -0.120. The van der Waals surface area contributed by atoms with Gasteiger partial charge < -0.3 is 10.1 Å². The molecule has 0 spiro atoms. The van der Waals surface area contributed by atoms with E-state index in [9.17, 15) is 0 Å². The standard InChI is InChI=1S/C11H22N2O/c1-3-13(11-7-12-8-11)10-4-5-14-9(2)6-10/h9-12H,3-8H2,1-2H3. The van der Waals surface area contributed by atoms with Crippen LogP contribution in [0.4, 0.5) is 0 Å². The van der Waals surface area contributed by atoms with Crippen molar-refractivity contribution >= 4 is 0 Å². The lowest BCUT2D eigenvalue weighted by atomic mass is 9.99. The summed E-state index contributed by atoms with van der Waals surface area (Å²) >= 11 is 0. The number of likely N-dealkylation sites (N-methyl/N-ethyl adjacent to an activating group) is 1. The Morgan fingerprint density at radius 1 is 1.36 bits per heavy atom. The molecule has 2 unspecified atom stereocenters. The summed E-state index contributed by atoms with van der Waals surface area (Å²) in [6.45, 7) is 8.96. The van der Waals surface area contributed by atoms with Gasteiger partial charge in [-0.3, -0.25) is 4.90 Å². The Balaban J connectivity index is 1.89. The summed E-state index contributed by atoms with van der Waals surface area (Å²) in [5.41, 5.74) is 0. The third kappa shape index (κ3) is 2.10. The van der Waals surface area contributed by atoms with Crippen LogP contribution < -0.4 is 5.32 Å². The maximum absolute atomic E-state index is 5.59. The number of ether oxygens (including phenoxy) is 1. The Bertz CT molecular complexity index is 182. The van der Waals surface area contributed by atoms with Crippen LogP contribution in [0.1, 0.15) is 26.7 Å². The van der Waals surface area contributed by atoms with Gasteiger partial charge in [0.2, 0.25) is 0 Å². The fourth-order valence-corrected chi connectivity index (χ4v) is 2.60. The highest BCUT2D eigenvalue weighted by Gasteiger charge is 2.31. The zero-order valence-corrected chi connectivity index (χ0v) is 9.33. The maximum Gasteiger partial charge on any atom is 0.0561 e. The molecule has 82 valence electrons. The van der Waals surface area contributed by atoms with Crippen molar-refractivity contribution in [2.24, 2.45) is 0 Å². The van der Waals surface area contributed by atoms with E-state index in [4.69, 9.17) is 4.74 Å². The molecular weight excluding hydrogens is 176 g/mol. The molecule has 3 nitrogen and oxygen atoms in total. The van der Waals surface area contributed by atoms with Crippen molar-refractivity contribution in [2.75, 3.05) is 26.2 Å². The fourth-order valence-electron chi connectivity index (χ4n) is 2.60. The summed E-state index contributed by atoms with van der Waals surface area (Å²) in [6.07, 6.45) is 2.88. The smallest absolute Gasteiger partial charge is 0.0561 e. The predicted molar refractivity (Wildman–Crippen MR) is 57.5 cm³/mol. The summed E-state index contributed by atoms with van der Waals surface area (Å²) in [5, 5.41) is 3.35. The monoisotopic (exact) mass is 198 g/mol. The molecule has 2 aliphatic heterocycles. The molecule has 0 aromatic rings. The lowest BCUT2D eigenvalue weighted by molar-refractivity contribution is -0.0326. The summed E-state index contributed by atoms with van der Waals surface area (Å²) in [6, 6.07) is 1.55. The van der Waals surface area contributed by atoms with Crippen LogP contribution >= 0.6 is 0 Å². The van der Waals surface area contributed by atoms with Gasteiger partial charge in [-0.25, -0.2) is 0 Å². The normalized spacial score (nSPS) is 34.5. The highest BCUT2D eigenvalue weighted by atomic mass is 16.5. The summed E-state index contributed by atoms with van der Waals surface area (Å²) in [5.74, 6) is 0. The summed E-state index contributed by atoms with van der Waals surface area (Å²) in [4.78, 5) is 2.66. The van der Waals surface area contributed by atoms with Crippen LogP contribution in [0.5, 0.6) is 0 Å². The third-order valence-electron chi connectivity index (χ3n) is 3.52. The van der Waals surface area contributed by atoms with Crippen molar-refractivity contribution in [3.05, 3.63) is 0 Å². The predicted octanol–water partition coefficient (Wildman–Crippen LogP) is 0.848. The van der Waals surface area contributed by atoms with Crippen molar-refractivity contribution in [1.29, 1.82) is 0 Å². The lowest BCUT2D eigenvalue weighted by Gasteiger charge is -2.44. The minimum Gasteiger partial charge on any atom is -0.378 e. The van der Waals surface area contributed by atoms with E-state index in [0.717, 1.165) is 18.7 Å². The molecule has 0 amide bonds. The van der Waals surface area contributed by atoms with Crippen molar-refractivity contribution in [1.82, 2.24) is 10.2 Å². The first-order chi connectivity index (χ1) is 6.81.